The number of carbonyl (C=O) groups is 2. The predicted molar refractivity (Wildman–Crippen MR) is 99.8 cm³/mol. The molecule has 0 saturated carbocycles. The molecule has 0 bridgehead atoms. The lowest BCUT2D eigenvalue weighted by Gasteiger charge is -2.40. The Morgan fingerprint density at radius 1 is 1.23 bits per heavy atom. The van der Waals surface area contributed by atoms with Crippen molar-refractivity contribution in [2.45, 2.75) is 18.9 Å². The van der Waals surface area contributed by atoms with Crippen LogP contribution in [0.1, 0.15) is 28.9 Å². The molecule has 0 atom stereocenters. The summed E-state index contributed by atoms with van der Waals surface area (Å²) in [5.74, 6) is -0.0122. The Bertz CT molecular complexity index is 653. The van der Waals surface area contributed by atoms with E-state index in [-0.39, 0.29) is 5.91 Å². The van der Waals surface area contributed by atoms with Gasteiger partial charge < -0.3 is 19.5 Å². The standard InChI is InChI=1S/C19H28N4O3/c1-21(2)13-17(16-3-6-20-18(16)14-24)19(25)23-7-4-15(5-8-23)22-9-11-26-12-10-22/h3,6,13-15,20H,4-5,7-12H2,1-2H3/b17-13+. The van der Waals surface area contributed by atoms with Crippen LogP contribution < -0.4 is 0 Å². The molecule has 0 aliphatic carbocycles. The monoisotopic (exact) mass is 360 g/mol. The fraction of sp³-hybridized carbons (Fsp3) is 0.579. The maximum atomic E-state index is 13.2. The number of nitrogens with one attached hydrogen (secondary N) is 1. The second-order valence-corrected chi connectivity index (χ2v) is 7.10. The number of rotatable bonds is 5. The van der Waals surface area contributed by atoms with E-state index in [1.807, 2.05) is 23.9 Å². The van der Waals surface area contributed by atoms with Crippen LogP contribution in [0, 0.1) is 0 Å². The maximum absolute atomic E-state index is 13.2. The molecule has 0 aromatic carbocycles. The highest BCUT2D eigenvalue weighted by Gasteiger charge is 2.30. The number of nitrogens with zero attached hydrogens (tertiary/aromatic N) is 3. The first-order valence-electron chi connectivity index (χ1n) is 9.22. The van der Waals surface area contributed by atoms with E-state index in [4.69, 9.17) is 4.74 Å². The normalized spacial score (nSPS) is 20.2. The zero-order valence-corrected chi connectivity index (χ0v) is 15.6. The number of aldehydes is 1. The van der Waals surface area contributed by atoms with Gasteiger partial charge in [0.25, 0.3) is 5.91 Å². The third-order valence-electron chi connectivity index (χ3n) is 5.12. The Morgan fingerprint density at radius 2 is 1.92 bits per heavy atom. The zero-order valence-electron chi connectivity index (χ0n) is 15.6. The smallest absolute Gasteiger partial charge is 0.256 e. The minimum atomic E-state index is -0.0122. The Kier molecular flexibility index (Phi) is 6.11. The lowest BCUT2D eigenvalue weighted by atomic mass is 10.00. The largest absolute Gasteiger partial charge is 0.383 e. The first kappa shape index (κ1) is 18.7. The van der Waals surface area contributed by atoms with E-state index < -0.39 is 0 Å². The molecule has 1 N–H and O–H groups in total. The van der Waals surface area contributed by atoms with E-state index in [0.717, 1.165) is 58.5 Å². The van der Waals surface area contributed by atoms with Gasteiger partial charge in [0.15, 0.2) is 6.29 Å². The van der Waals surface area contributed by atoms with Crippen LogP contribution in [0.3, 0.4) is 0 Å². The first-order valence-corrected chi connectivity index (χ1v) is 9.22. The number of amides is 1. The van der Waals surface area contributed by atoms with E-state index >= 15 is 0 Å². The van der Waals surface area contributed by atoms with Crippen LogP contribution in [-0.4, -0.2) is 91.4 Å². The van der Waals surface area contributed by atoms with Crippen molar-refractivity contribution in [2.75, 3.05) is 53.5 Å². The van der Waals surface area contributed by atoms with Crippen molar-refractivity contribution in [3.63, 3.8) is 0 Å². The average Bonchev–Trinajstić information content (AvgIpc) is 3.15. The molecule has 0 radical (unpaired) electrons. The van der Waals surface area contributed by atoms with Crippen molar-refractivity contribution >= 4 is 17.8 Å². The molecule has 0 unspecified atom stereocenters. The molecule has 1 aromatic heterocycles. The molecule has 0 spiro atoms. The number of piperidine rings is 1. The number of aromatic nitrogens is 1. The van der Waals surface area contributed by atoms with Gasteiger partial charge >= 0.3 is 0 Å². The van der Waals surface area contributed by atoms with Gasteiger partial charge in [0.1, 0.15) is 0 Å². The average molecular weight is 360 g/mol. The Balaban J connectivity index is 1.69. The minimum Gasteiger partial charge on any atom is -0.383 e. The number of aromatic amines is 1. The van der Waals surface area contributed by atoms with Gasteiger partial charge in [-0.25, -0.2) is 0 Å². The highest BCUT2D eigenvalue weighted by Crippen LogP contribution is 2.24. The fourth-order valence-corrected chi connectivity index (χ4v) is 3.76. The summed E-state index contributed by atoms with van der Waals surface area (Å²) in [5.41, 5.74) is 1.66. The van der Waals surface area contributed by atoms with E-state index in [9.17, 15) is 9.59 Å². The number of carbonyl (C=O) groups excluding carboxylic acids is 2. The number of hydrogen-bond donors (Lipinski definition) is 1. The van der Waals surface area contributed by atoms with E-state index in [1.165, 1.54) is 0 Å². The molecule has 3 rings (SSSR count). The lowest BCUT2D eigenvalue weighted by Crippen LogP contribution is -2.50. The molecular weight excluding hydrogens is 332 g/mol. The molecule has 2 aliphatic heterocycles. The van der Waals surface area contributed by atoms with Gasteiger partial charge in [0.05, 0.1) is 24.5 Å². The second-order valence-electron chi connectivity index (χ2n) is 7.10. The van der Waals surface area contributed by atoms with Gasteiger partial charge in [0, 0.05) is 64.3 Å². The van der Waals surface area contributed by atoms with Gasteiger partial charge in [-0.1, -0.05) is 0 Å². The first-order chi connectivity index (χ1) is 12.6. The zero-order chi connectivity index (χ0) is 18.5. The topological polar surface area (TPSA) is 68.9 Å². The second kappa shape index (κ2) is 8.51. The summed E-state index contributed by atoms with van der Waals surface area (Å²) in [6.07, 6.45) is 6.22. The fourth-order valence-electron chi connectivity index (χ4n) is 3.76. The van der Waals surface area contributed by atoms with Crippen LogP contribution in [0.4, 0.5) is 0 Å². The van der Waals surface area contributed by atoms with Crippen molar-refractivity contribution in [1.29, 1.82) is 0 Å². The number of hydrogen-bond acceptors (Lipinski definition) is 5. The summed E-state index contributed by atoms with van der Waals surface area (Å²) in [6, 6.07) is 2.32. The lowest BCUT2D eigenvalue weighted by molar-refractivity contribution is -0.126. The van der Waals surface area contributed by atoms with Crippen molar-refractivity contribution < 1.29 is 14.3 Å². The van der Waals surface area contributed by atoms with Gasteiger partial charge in [-0.05, 0) is 18.9 Å². The molecule has 142 valence electrons. The molecule has 2 aliphatic rings. The molecule has 2 fully saturated rings. The van der Waals surface area contributed by atoms with Crippen LogP contribution in [0.15, 0.2) is 18.5 Å². The summed E-state index contributed by atoms with van der Waals surface area (Å²) in [6.45, 7) is 5.06. The van der Waals surface area contributed by atoms with Crippen LogP contribution in [0.2, 0.25) is 0 Å². The highest BCUT2D eigenvalue weighted by molar-refractivity contribution is 6.20. The third kappa shape index (κ3) is 4.16. The Hall–Kier alpha value is -2.12. The van der Waals surface area contributed by atoms with Gasteiger partial charge in [-0.2, -0.15) is 0 Å². The molecule has 3 heterocycles. The Labute approximate surface area is 154 Å². The molecule has 2 saturated heterocycles. The van der Waals surface area contributed by atoms with Crippen LogP contribution in [-0.2, 0) is 9.53 Å². The maximum Gasteiger partial charge on any atom is 0.256 e. The minimum absolute atomic E-state index is 0.0122. The Morgan fingerprint density at radius 3 is 2.54 bits per heavy atom. The van der Waals surface area contributed by atoms with E-state index in [0.29, 0.717) is 22.9 Å². The predicted octanol–water partition coefficient (Wildman–Crippen LogP) is 1.05. The van der Waals surface area contributed by atoms with Crippen molar-refractivity contribution in [2.24, 2.45) is 0 Å². The highest BCUT2D eigenvalue weighted by atomic mass is 16.5. The van der Waals surface area contributed by atoms with Gasteiger partial charge in [0.2, 0.25) is 0 Å². The molecular formula is C19H28N4O3. The molecule has 1 amide bonds. The molecule has 7 heteroatoms. The van der Waals surface area contributed by atoms with Crippen LogP contribution >= 0.6 is 0 Å². The summed E-state index contributed by atoms with van der Waals surface area (Å²) < 4.78 is 5.43. The molecule has 26 heavy (non-hydrogen) atoms. The number of H-pyrrole nitrogens is 1. The quantitative estimate of drug-likeness (QED) is 0.628. The molecule has 7 nitrogen and oxygen atoms in total. The summed E-state index contributed by atoms with van der Waals surface area (Å²) >= 11 is 0. The summed E-state index contributed by atoms with van der Waals surface area (Å²) in [5, 5.41) is 0. The van der Waals surface area contributed by atoms with Crippen LogP contribution in [0.25, 0.3) is 5.57 Å². The van der Waals surface area contributed by atoms with Crippen molar-refractivity contribution in [3.05, 3.63) is 29.7 Å². The third-order valence-corrected chi connectivity index (χ3v) is 5.12. The SMILES string of the molecule is CN(C)/C=C(/C(=O)N1CCC(N2CCOCC2)CC1)c1cc[nH]c1C=O. The summed E-state index contributed by atoms with van der Waals surface area (Å²) in [7, 11) is 3.76. The van der Waals surface area contributed by atoms with Crippen LogP contribution in [0.5, 0.6) is 0 Å². The number of ether oxygens (including phenoxy) is 1. The van der Waals surface area contributed by atoms with E-state index in [1.54, 1.807) is 18.5 Å². The van der Waals surface area contributed by atoms with Crippen molar-refractivity contribution in [1.82, 2.24) is 19.7 Å². The number of morpholine rings is 1. The summed E-state index contributed by atoms with van der Waals surface area (Å²) in [4.78, 5) is 33.6. The van der Waals surface area contributed by atoms with Gasteiger partial charge in [-0.15, -0.1) is 0 Å². The van der Waals surface area contributed by atoms with Gasteiger partial charge in [-0.3, -0.25) is 14.5 Å². The van der Waals surface area contributed by atoms with Crippen molar-refractivity contribution in [3.8, 4) is 0 Å². The number of likely N-dealkylation sites (tertiary alicyclic amines) is 1. The van der Waals surface area contributed by atoms with E-state index in [2.05, 4.69) is 9.88 Å². The molecule has 1 aromatic rings.